The van der Waals surface area contributed by atoms with Gasteiger partial charge in [0.2, 0.25) is 0 Å². The van der Waals surface area contributed by atoms with Crippen LogP contribution in [0.25, 0.3) is 11.1 Å². The second kappa shape index (κ2) is 7.90. The number of amides is 1. The molecule has 1 aliphatic carbocycles. The van der Waals surface area contributed by atoms with Crippen LogP contribution in [0.4, 0.5) is 9.59 Å². The topological polar surface area (TPSA) is 85.9 Å². The van der Waals surface area contributed by atoms with E-state index < -0.39 is 18.5 Å². The minimum absolute atomic E-state index is 0.0234. The number of ether oxygens (including phenoxy) is 3. The Kier molecular flexibility index (Phi) is 5.16. The minimum atomic E-state index is -0.751. The molecule has 1 saturated heterocycles. The smallest absolute Gasteiger partial charge is 0.449 e. The number of carbonyl (C=O) groups excluding carboxylic acids is 2. The van der Waals surface area contributed by atoms with Crippen molar-refractivity contribution >= 4 is 12.2 Å². The third-order valence-electron chi connectivity index (χ3n) is 5.16. The molecule has 28 heavy (non-hydrogen) atoms. The van der Waals surface area contributed by atoms with Crippen molar-refractivity contribution < 1.29 is 23.8 Å². The molecule has 1 fully saturated rings. The number of nitrogens with one attached hydrogen (secondary N) is 2. The average molecular weight is 382 g/mol. The van der Waals surface area contributed by atoms with Crippen LogP contribution in [0.3, 0.4) is 0 Å². The standard InChI is InChI=1S/C21H22N2O5/c1-26-21(25)28-19-10-13(11-22-19)23-20(24)27-12-18-16-8-4-2-6-14(16)15-7-3-5-9-17(15)18/h2-9,13,18-19,22H,10-12H2,1H3,(H,23,24)/t13-,19+/m1/s1. The van der Waals surface area contributed by atoms with Crippen molar-refractivity contribution in [2.24, 2.45) is 0 Å². The molecule has 0 bridgehead atoms. The maximum atomic E-state index is 12.3. The zero-order chi connectivity index (χ0) is 19.5. The van der Waals surface area contributed by atoms with E-state index in [2.05, 4.69) is 39.6 Å². The fourth-order valence-corrected chi connectivity index (χ4v) is 3.87. The van der Waals surface area contributed by atoms with Crippen LogP contribution in [-0.4, -0.2) is 44.8 Å². The summed E-state index contributed by atoms with van der Waals surface area (Å²) in [6.45, 7) is 0.758. The van der Waals surface area contributed by atoms with Gasteiger partial charge in [0.15, 0.2) is 6.23 Å². The molecule has 2 aromatic rings. The molecular formula is C21H22N2O5. The fourth-order valence-electron chi connectivity index (χ4n) is 3.87. The number of fused-ring (bicyclic) bond motifs is 3. The van der Waals surface area contributed by atoms with Crippen LogP contribution in [0.1, 0.15) is 23.5 Å². The van der Waals surface area contributed by atoms with Gasteiger partial charge in [-0.15, -0.1) is 0 Å². The summed E-state index contributed by atoms with van der Waals surface area (Å²) in [5, 5.41) is 5.82. The predicted octanol–water partition coefficient (Wildman–Crippen LogP) is 3.00. The lowest BCUT2D eigenvalue weighted by Crippen LogP contribution is -2.37. The first-order valence-electron chi connectivity index (χ1n) is 9.25. The van der Waals surface area contributed by atoms with E-state index in [1.807, 2.05) is 24.3 Å². The van der Waals surface area contributed by atoms with Gasteiger partial charge in [-0.2, -0.15) is 0 Å². The number of hydrogen-bond donors (Lipinski definition) is 2. The maximum Gasteiger partial charge on any atom is 0.509 e. The third kappa shape index (κ3) is 3.66. The molecule has 2 atom stereocenters. The SMILES string of the molecule is COC(=O)O[C@H]1C[C@@H](NC(=O)OCC2c3ccccc3-c3ccccc32)CN1. The Morgan fingerprint density at radius 2 is 1.71 bits per heavy atom. The van der Waals surface area contributed by atoms with Gasteiger partial charge in [0.25, 0.3) is 0 Å². The number of hydrogen-bond acceptors (Lipinski definition) is 6. The quantitative estimate of drug-likeness (QED) is 0.791. The van der Waals surface area contributed by atoms with Crippen LogP contribution in [0, 0.1) is 0 Å². The Bertz CT molecular complexity index is 839. The van der Waals surface area contributed by atoms with Crippen LogP contribution in [0.2, 0.25) is 0 Å². The van der Waals surface area contributed by atoms with E-state index in [1.54, 1.807) is 0 Å². The van der Waals surface area contributed by atoms with Crippen molar-refractivity contribution in [1.29, 1.82) is 0 Å². The van der Waals surface area contributed by atoms with Gasteiger partial charge in [-0.25, -0.2) is 9.59 Å². The van der Waals surface area contributed by atoms with Crippen LogP contribution in [0.5, 0.6) is 0 Å². The Balaban J connectivity index is 1.34. The summed E-state index contributed by atoms with van der Waals surface area (Å²) in [7, 11) is 1.25. The van der Waals surface area contributed by atoms with Crippen LogP contribution < -0.4 is 10.6 Å². The van der Waals surface area contributed by atoms with Gasteiger partial charge in [-0.1, -0.05) is 48.5 Å². The summed E-state index contributed by atoms with van der Waals surface area (Å²) < 4.78 is 15.0. The van der Waals surface area contributed by atoms with Crippen LogP contribution in [-0.2, 0) is 14.2 Å². The molecule has 7 nitrogen and oxygen atoms in total. The van der Waals surface area contributed by atoms with Gasteiger partial charge in [-0.05, 0) is 22.3 Å². The van der Waals surface area contributed by atoms with E-state index in [-0.39, 0.29) is 18.6 Å². The molecule has 0 spiro atoms. The van der Waals surface area contributed by atoms with E-state index >= 15 is 0 Å². The van der Waals surface area contributed by atoms with E-state index in [9.17, 15) is 9.59 Å². The van der Waals surface area contributed by atoms with Gasteiger partial charge in [0.1, 0.15) is 6.61 Å². The molecule has 2 aliphatic rings. The molecule has 0 unspecified atom stereocenters. The zero-order valence-electron chi connectivity index (χ0n) is 15.5. The van der Waals surface area contributed by atoms with Crippen molar-refractivity contribution in [1.82, 2.24) is 10.6 Å². The second-order valence-electron chi connectivity index (χ2n) is 6.87. The molecule has 0 radical (unpaired) electrons. The summed E-state index contributed by atoms with van der Waals surface area (Å²) in [5.41, 5.74) is 4.72. The number of methoxy groups -OCH3 is 1. The lowest BCUT2D eigenvalue weighted by atomic mass is 9.98. The Labute approximate surface area is 163 Å². The fraction of sp³-hybridized carbons (Fsp3) is 0.333. The van der Waals surface area contributed by atoms with E-state index in [0.29, 0.717) is 13.0 Å². The normalized spacial score (nSPS) is 20.2. The third-order valence-corrected chi connectivity index (χ3v) is 5.16. The molecule has 4 rings (SSSR count). The largest absolute Gasteiger partial charge is 0.509 e. The van der Waals surface area contributed by atoms with Crippen molar-refractivity contribution in [3.8, 4) is 11.1 Å². The predicted molar refractivity (Wildman–Crippen MR) is 102 cm³/mol. The van der Waals surface area contributed by atoms with Gasteiger partial charge in [0, 0.05) is 24.9 Å². The van der Waals surface area contributed by atoms with Crippen molar-refractivity contribution in [2.45, 2.75) is 24.6 Å². The van der Waals surface area contributed by atoms with E-state index in [4.69, 9.17) is 9.47 Å². The zero-order valence-corrected chi connectivity index (χ0v) is 15.5. The molecule has 1 amide bonds. The number of alkyl carbamates (subject to hydrolysis) is 1. The van der Waals surface area contributed by atoms with E-state index in [1.165, 1.54) is 29.4 Å². The number of carbonyl (C=O) groups is 2. The number of benzene rings is 2. The molecule has 2 aromatic carbocycles. The minimum Gasteiger partial charge on any atom is -0.449 e. The summed E-state index contributed by atoms with van der Waals surface area (Å²) in [4.78, 5) is 23.4. The molecule has 7 heteroatoms. The van der Waals surface area contributed by atoms with Gasteiger partial charge < -0.3 is 19.5 Å². The molecule has 1 heterocycles. The first-order valence-corrected chi connectivity index (χ1v) is 9.25. The first kappa shape index (κ1) is 18.3. The lowest BCUT2D eigenvalue weighted by molar-refractivity contribution is 0.0309. The molecule has 1 aliphatic heterocycles. The molecule has 0 saturated carbocycles. The summed E-state index contributed by atoms with van der Waals surface area (Å²) >= 11 is 0. The summed E-state index contributed by atoms with van der Waals surface area (Å²) in [5.74, 6) is 0.0234. The highest BCUT2D eigenvalue weighted by molar-refractivity contribution is 5.79. The molecule has 146 valence electrons. The van der Waals surface area contributed by atoms with Crippen molar-refractivity contribution in [3.05, 3.63) is 59.7 Å². The monoisotopic (exact) mass is 382 g/mol. The summed E-state index contributed by atoms with van der Waals surface area (Å²) in [6, 6.07) is 16.2. The highest BCUT2D eigenvalue weighted by Crippen LogP contribution is 2.44. The molecule has 2 N–H and O–H groups in total. The molecular weight excluding hydrogens is 360 g/mol. The van der Waals surface area contributed by atoms with Crippen LogP contribution >= 0.6 is 0 Å². The highest BCUT2D eigenvalue weighted by atomic mass is 16.7. The Morgan fingerprint density at radius 1 is 1.07 bits per heavy atom. The first-order chi connectivity index (χ1) is 13.7. The summed E-state index contributed by atoms with van der Waals surface area (Å²) in [6.07, 6.45) is -1.25. The van der Waals surface area contributed by atoms with E-state index in [0.717, 1.165) is 0 Å². The van der Waals surface area contributed by atoms with Gasteiger partial charge >= 0.3 is 12.2 Å². The average Bonchev–Trinajstić information content (AvgIpc) is 3.28. The lowest BCUT2D eigenvalue weighted by Gasteiger charge is -2.16. The number of rotatable bonds is 4. The Morgan fingerprint density at radius 3 is 2.36 bits per heavy atom. The highest BCUT2D eigenvalue weighted by Gasteiger charge is 2.31. The second-order valence-corrected chi connectivity index (χ2v) is 6.87. The van der Waals surface area contributed by atoms with Crippen molar-refractivity contribution in [3.63, 3.8) is 0 Å². The van der Waals surface area contributed by atoms with Crippen molar-refractivity contribution in [2.75, 3.05) is 20.3 Å². The van der Waals surface area contributed by atoms with Gasteiger partial charge in [-0.3, -0.25) is 5.32 Å². The molecule has 0 aromatic heterocycles. The maximum absolute atomic E-state index is 12.3. The van der Waals surface area contributed by atoms with Crippen LogP contribution in [0.15, 0.2) is 48.5 Å². The Hall–Kier alpha value is -3.06. The van der Waals surface area contributed by atoms with Gasteiger partial charge in [0.05, 0.1) is 7.11 Å².